The monoisotopic (exact) mass is 298 g/mol. The van der Waals surface area contributed by atoms with Gasteiger partial charge in [-0.05, 0) is 13.0 Å². The van der Waals surface area contributed by atoms with Crippen molar-refractivity contribution >= 4 is 28.4 Å². The molecule has 0 amide bonds. The molecule has 0 fully saturated rings. The standard InChI is InChI=1S/C14H10N4S2/c1-8-18-7-11(19-8)14-12(9-3-2-4-17-6-9)13(16)10(5-15)20-14/h2-4,6-7H,16H2,1H3. The first kappa shape index (κ1) is 12.8. The van der Waals surface area contributed by atoms with E-state index in [1.54, 1.807) is 23.7 Å². The lowest BCUT2D eigenvalue weighted by atomic mass is 10.1. The van der Waals surface area contributed by atoms with Gasteiger partial charge in [0, 0.05) is 29.7 Å². The molecular formula is C14H10N4S2. The molecule has 0 aliphatic rings. The van der Waals surface area contributed by atoms with Crippen molar-refractivity contribution in [2.75, 3.05) is 5.73 Å². The second kappa shape index (κ2) is 5.04. The van der Waals surface area contributed by atoms with Crippen molar-refractivity contribution in [3.63, 3.8) is 0 Å². The molecule has 3 aromatic heterocycles. The molecule has 3 aromatic rings. The number of nitrogens with two attached hydrogens (primary N) is 1. The van der Waals surface area contributed by atoms with Crippen molar-refractivity contribution in [1.82, 2.24) is 9.97 Å². The maximum absolute atomic E-state index is 9.21. The predicted octanol–water partition coefficient (Wildman–Crippen LogP) is 3.70. The van der Waals surface area contributed by atoms with Gasteiger partial charge < -0.3 is 5.73 Å². The number of hydrogen-bond donors (Lipinski definition) is 1. The Bertz CT molecular complexity index is 796. The molecule has 6 heteroatoms. The number of rotatable bonds is 2. The van der Waals surface area contributed by atoms with E-state index in [9.17, 15) is 5.26 Å². The van der Waals surface area contributed by atoms with Crippen LogP contribution in [0.25, 0.3) is 20.9 Å². The summed E-state index contributed by atoms with van der Waals surface area (Å²) in [5.74, 6) is 0. The number of nitrogen functional groups attached to an aromatic ring is 1. The number of nitriles is 1. The lowest BCUT2D eigenvalue weighted by Crippen LogP contribution is -1.89. The van der Waals surface area contributed by atoms with E-state index in [4.69, 9.17) is 5.73 Å². The summed E-state index contributed by atoms with van der Waals surface area (Å²) in [6, 6.07) is 5.97. The van der Waals surface area contributed by atoms with Gasteiger partial charge in [0.1, 0.15) is 10.9 Å². The van der Waals surface area contributed by atoms with Crippen LogP contribution < -0.4 is 5.73 Å². The Kier molecular flexibility index (Phi) is 3.22. The lowest BCUT2D eigenvalue weighted by Gasteiger charge is -2.03. The molecule has 0 bridgehead atoms. The summed E-state index contributed by atoms with van der Waals surface area (Å²) in [5.41, 5.74) is 8.45. The van der Waals surface area contributed by atoms with Gasteiger partial charge in [-0.2, -0.15) is 5.26 Å². The lowest BCUT2D eigenvalue weighted by molar-refractivity contribution is 1.30. The Balaban J connectivity index is 2.28. The van der Waals surface area contributed by atoms with Crippen LogP contribution in [0.1, 0.15) is 9.88 Å². The highest BCUT2D eigenvalue weighted by Crippen LogP contribution is 2.45. The minimum Gasteiger partial charge on any atom is -0.396 e. The van der Waals surface area contributed by atoms with Gasteiger partial charge in [-0.1, -0.05) is 6.07 Å². The van der Waals surface area contributed by atoms with Crippen LogP contribution in [0.15, 0.2) is 30.7 Å². The Hall–Kier alpha value is -2.23. The molecule has 2 N–H and O–H groups in total. The third kappa shape index (κ3) is 2.07. The molecule has 98 valence electrons. The van der Waals surface area contributed by atoms with Crippen LogP contribution in [0, 0.1) is 18.3 Å². The van der Waals surface area contributed by atoms with Crippen LogP contribution in [-0.2, 0) is 0 Å². The van der Waals surface area contributed by atoms with Crippen molar-refractivity contribution in [2.24, 2.45) is 0 Å². The van der Waals surface area contributed by atoms with E-state index in [-0.39, 0.29) is 0 Å². The first-order valence-corrected chi connectivity index (χ1v) is 7.49. The normalized spacial score (nSPS) is 10.4. The Morgan fingerprint density at radius 1 is 1.30 bits per heavy atom. The summed E-state index contributed by atoms with van der Waals surface area (Å²) in [5, 5.41) is 10.2. The second-order valence-electron chi connectivity index (χ2n) is 4.15. The number of aromatic nitrogens is 2. The average molecular weight is 298 g/mol. The highest BCUT2D eigenvalue weighted by molar-refractivity contribution is 7.23. The molecule has 4 nitrogen and oxygen atoms in total. The van der Waals surface area contributed by atoms with Gasteiger partial charge in [-0.3, -0.25) is 4.98 Å². The smallest absolute Gasteiger partial charge is 0.129 e. The van der Waals surface area contributed by atoms with Gasteiger partial charge in [0.25, 0.3) is 0 Å². The van der Waals surface area contributed by atoms with Gasteiger partial charge in [-0.15, -0.1) is 22.7 Å². The van der Waals surface area contributed by atoms with Crippen LogP contribution in [0.2, 0.25) is 0 Å². The van der Waals surface area contributed by atoms with Crippen LogP contribution >= 0.6 is 22.7 Å². The Morgan fingerprint density at radius 2 is 2.15 bits per heavy atom. The third-order valence-corrected chi connectivity index (χ3v) is 5.04. The quantitative estimate of drug-likeness (QED) is 0.782. The van der Waals surface area contributed by atoms with Crippen molar-refractivity contribution in [1.29, 1.82) is 5.26 Å². The van der Waals surface area contributed by atoms with Crippen LogP contribution in [-0.4, -0.2) is 9.97 Å². The van der Waals surface area contributed by atoms with Gasteiger partial charge >= 0.3 is 0 Å². The minimum atomic E-state index is 0.520. The molecule has 3 heterocycles. The van der Waals surface area contributed by atoms with E-state index in [0.717, 1.165) is 25.9 Å². The van der Waals surface area contributed by atoms with Crippen LogP contribution in [0.5, 0.6) is 0 Å². The first-order chi connectivity index (χ1) is 9.70. The third-order valence-electron chi connectivity index (χ3n) is 2.84. The fourth-order valence-electron chi connectivity index (χ4n) is 1.96. The molecule has 0 aromatic carbocycles. The maximum atomic E-state index is 9.21. The molecule has 0 aliphatic carbocycles. The van der Waals surface area contributed by atoms with Gasteiger partial charge in [0.05, 0.1) is 20.4 Å². The van der Waals surface area contributed by atoms with Crippen molar-refractivity contribution in [2.45, 2.75) is 6.92 Å². The molecule has 3 rings (SSSR count). The number of thiophene rings is 1. The number of thiazole rings is 1. The zero-order valence-corrected chi connectivity index (χ0v) is 12.3. The Labute approximate surface area is 124 Å². The predicted molar refractivity (Wildman–Crippen MR) is 82.5 cm³/mol. The fraction of sp³-hybridized carbons (Fsp3) is 0.0714. The van der Waals surface area contributed by atoms with Gasteiger partial charge in [0.2, 0.25) is 0 Å². The number of aryl methyl sites for hydroxylation is 1. The fourth-order valence-corrected chi connectivity index (χ4v) is 3.88. The minimum absolute atomic E-state index is 0.520. The average Bonchev–Trinajstić information content (AvgIpc) is 3.03. The molecule has 0 spiro atoms. The van der Waals surface area contributed by atoms with E-state index in [2.05, 4.69) is 16.0 Å². The number of anilines is 1. The van der Waals surface area contributed by atoms with Gasteiger partial charge in [0.15, 0.2) is 0 Å². The summed E-state index contributed by atoms with van der Waals surface area (Å²) < 4.78 is 0. The Morgan fingerprint density at radius 3 is 2.75 bits per heavy atom. The molecule has 0 saturated carbocycles. The topological polar surface area (TPSA) is 75.6 Å². The highest BCUT2D eigenvalue weighted by Gasteiger charge is 2.20. The first-order valence-electron chi connectivity index (χ1n) is 5.86. The number of pyridine rings is 1. The summed E-state index contributed by atoms with van der Waals surface area (Å²) in [6.45, 7) is 1.96. The van der Waals surface area contributed by atoms with E-state index in [1.165, 1.54) is 11.3 Å². The molecule has 20 heavy (non-hydrogen) atoms. The summed E-state index contributed by atoms with van der Waals surface area (Å²) >= 11 is 3.00. The molecule has 0 atom stereocenters. The molecule has 0 aliphatic heterocycles. The molecular weight excluding hydrogens is 288 g/mol. The van der Waals surface area contributed by atoms with E-state index in [1.807, 2.05) is 25.3 Å². The van der Waals surface area contributed by atoms with Gasteiger partial charge in [-0.25, -0.2) is 4.98 Å². The molecule has 0 unspecified atom stereocenters. The summed E-state index contributed by atoms with van der Waals surface area (Å²) in [6.07, 6.45) is 5.30. The summed E-state index contributed by atoms with van der Waals surface area (Å²) in [7, 11) is 0. The zero-order valence-electron chi connectivity index (χ0n) is 10.6. The molecule has 0 radical (unpaired) electrons. The number of hydrogen-bond acceptors (Lipinski definition) is 6. The van der Waals surface area contributed by atoms with Crippen LogP contribution in [0.4, 0.5) is 5.69 Å². The maximum Gasteiger partial charge on any atom is 0.129 e. The van der Waals surface area contributed by atoms with E-state index in [0.29, 0.717) is 10.6 Å². The van der Waals surface area contributed by atoms with Crippen molar-refractivity contribution < 1.29 is 0 Å². The van der Waals surface area contributed by atoms with E-state index >= 15 is 0 Å². The highest BCUT2D eigenvalue weighted by atomic mass is 32.1. The van der Waals surface area contributed by atoms with Crippen molar-refractivity contribution in [3.8, 4) is 27.0 Å². The number of nitrogens with zero attached hydrogens (tertiary/aromatic N) is 3. The summed E-state index contributed by atoms with van der Waals surface area (Å²) in [4.78, 5) is 11.0. The second-order valence-corrected chi connectivity index (χ2v) is 6.40. The van der Waals surface area contributed by atoms with E-state index < -0.39 is 0 Å². The largest absolute Gasteiger partial charge is 0.396 e. The molecule has 0 saturated heterocycles. The van der Waals surface area contributed by atoms with Crippen LogP contribution in [0.3, 0.4) is 0 Å². The SMILES string of the molecule is Cc1ncc(-c2sc(C#N)c(N)c2-c2cccnc2)s1. The zero-order chi connectivity index (χ0) is 14.1. The van der Waals surface area contributed by atoms with Crippen molar-refractivity contribution in [3.05, 3.63) is 40.6 Å².